The number of benzene rings is 3. The first-order chi connectivity index (χ1) is 15.7. The third kappa shape index (κ3) is 3.80. The van der Waals surface area contributed by atoms with Crippen LogP contribution in [0.3, 0.4) is 0 Å². The van der Waals surface area contributed by atoms with E-state index in [0.29, 0.717) is 13.2 Å². The average molecular weight is 428 g/mol. The molecule has 2 aliphatic rings. The number of aliphatic hydroxyl groups is 1. The van der Waals surface area contributed by atoms with Crippen LogP contribution in [0.2, 0.25) is 0 Å². The van der Waals surface area contributed by atoms with E-state index in [0.717, 1.165) is 47.5 Å². The molecule has 0 bridgehead atoms. The van der Waals surface area contributed by atoms with Crippen LogP contribution in [0.25, 0.3) is 11.1 Å². The van der Waals surface area contributed by atoms with E-state index in [-0.39, 0.29) is 0 Å². The van der Waals surface area contributed by atoms with Crippen LogP contribution in [0.15, 0.2) is 78.9 Å². The highest BCUT2D eigenvalue weighted by molar-refractivity contribution is 5.97. The van der Waals surface area contributed by atoms with Gasteiger partial charge in [0.25, 0.3) is 11.6 Å². The average Bonchev–Trinajstić information content (AvgIpc) is 2.96. The summed E-state index contributed by atoms with van der Waals surface area (Å²) in [4.78, 5) is 2.16. The molecule has 4 nitrogen and oxygen atoms in total. The Hall–Kier alpha value is -3.11. The van der Waals surface area contributed by atoms with Crippen molar-refractivity contribution in [3.8, 4) is 16.9 Å². The maximum Gasteiger partial charge on any atom is 0.275 e. The van der Waals surface area contributed by atoms with Gasteiger partial charge in [0.05, 0.1) is 13.2 Å². The van der Waals surface area contributed by atoms with E-state index in [2.05, 4.69) is 70.1 Å². The molecule has 0 fully saturated rings. The first kappa shape index (κ1) is 20.8. The van der Waals surface area contributed by atoms with Gasteiger partial charge in [-0.05, 0) is 67.6 Å². The molecule has 0 saturated carbocycles. The van der Waals surface area contributed by atoms with E-state index in [4.69, 9.17) is 4.74 Å². The molecule has 2 aliphatic heterocycles. The molecule has 0 saturated heterocycles. The number of anilines is 1. The lowest BCUT2D eigenvalue weighted by Crippen LogP contribution is -2.47. The maximum absolute atomic E-state index is 12.3. The number of hydrogen-bond donors (Lipinski definition) is 1. The van der Waals surface area contributed by atoms with Crippen LogP contribution in [-0.2, 0) is 5.72 Å². The van der Waals surface area contributed by atoms with Gasteiger partial charge in [-0.25, -0.2) is 0 Å². The van der Waals surface area contributed by atoms with E-state index in [1.165, 1.54) is 18.7 Å². The predicted octanol–water partition coefficient (Wildman–Crippen LogP) is 5.40. The van der Waals surface area contributed by atoms with Crippen LogP contribution in [0, 0.1) is 0 Å². The van der Waals surface area contributed by atoms with Crippen molar-refractivity contribution < 1.29 is 14.4 Å². The molecule has 0 spiro atoms. The second-order valence-electron chi connectivity index (χ2n) is 8.67. The van der Waals surface area contributed by atoms with Crippen molar-refractivity contribution in [3.63, 3.8) is 0 Å². The van der Waals surface area contributed by atoms with Crippen LogP contribution in [0.1, 0.15) is 38.2 Å². The van der Waals surface area contributed by atoms with Crippen LogP contribution < -0.4 is 9.64 Å². The summed E-state index contributed by atoms with van der Waals surface area (Å²) in [5.41, 5.74) is 3.08. The summed E-state index contributed by atoms with van der Waals surface area (Å²) in [5.74, 6) is 2.08. The molecule has 0 aliphatic carbocycles. The molecule has 164 valence electrons. The fraction of sp³-hybridized carbons (Fsp3) is 0.321. The van der Waals surface area contributed by atoms with Gasteiger partial charge in [0.2, 0.25) is 0 Å². The molecule has 0 aromatic heterocycles. The lowest BCUT2D eigenvalue weighted by atomic mass is 9.95. The summed E-state index contributed by atoms with van der Waals surface area (Å²) in [7, 11) is 0. The standard InChI is InChI=1S/C28H31N2O2/c1-2-32-26-17-15-25(16-18-26)30-27-14-7-4-8-19-29(27)21-28(30,31)24-13-9-12-23(20-24)22-10-5-3-6-11-22/h3,5-6,9-13,15-18,20,31H,2,4,7-8,14,19,21H2,1H3/q+1. The van der Waals surface area contributed by atoms with Crippen molar-refractivity contribution >= 4 is 11.5 Å². The maximum atomic E-state index is 12.3. The summed E-state index contributed by atoms with van der Waals surface area (Å²) < 4.78 is 8.04. The molecule has 5 rings (SSSR count). The van der Waals surface area contributed by atoms with E-state index in [1.807, 2.05) is 25.1 Å². The first-order valence-electron chi connectivity index (χ1n) is 11.7. The van der Waals surface area contributed by atoms with Gasteiger partial charge < -0.3 is 9.84 Å². The van der Waals surface area contributed by atoms with Crippen LogP contribution >= 0.6 is 0 Å². The first-order valence-corrected chi connectivity index (χ1v) is 11.7. The molecule has 3 aromatic rings. The Morgan fingerprint density at radius 2 is 1.69 bits per heavy atom. The summed E-state index contributed by atoms with van der Waals surface area (Å²) in [6.45, 7) is 4.20. The molecule has 4 heteroatoms. The summed E-state index contributed by atoms with van der Waals surface area (Å²) in [5, 5.41) is 12.3. The Morgan fingerprint density at radius 3 is 2.47 bits per heavy atom. The smallest absolute Gasteiger partial charge is 0.275 e. The number of amidine groups is 1. The Kier molecular flexibility index (Phi) is 5.71. The summed E-state index contributed by atoms with van der Waals surface area (Å²) in [6.07, 6.45) is 4.53. The van der Waals surface area contributed by atoms with Crippen molar-refractivity contribution in [3.05, 3.63) is 84.4 Å². The molecule has 1 N–H and O–H groups in total. The zero-order valence-electron chi connectivity index (χ0n) is 18.7. The second kappa shape index (κ2) is 8.79. The van der Waals surface area contributed by atoms with Gasteiger partial charge in [0.15, 0.2) is 6.54 Å². The third-order valence-electron chi connectivity index (χ3n) is 6.57. The van der Waals surface area contributed by atoms with Gasteiger partial charge in [-0.2, -0.15) is 4.90 Å². The minimum atomic E-state index is -1.12. The summed E-state index contributed by atoms with van der Waals surface area (Å²) in [6, 6.07) is 26.9. The highest BCUT2D eigenvalue weighted by atomic mass is 16.5. The Bertz CT molecular complexity index is 1110. The van der Waals surface area contributed by atoms with Gasteiger partial charge in [0, 0.05) is 12.0 Å². The Labute approximate surface area is 190 Å². The molecule has 0 radical (unpaired) electrons. The molecular formula is C28H31N2O2+. The molecule has 0 amide bonds. The fourth-order valence-electron chi connectivity index (χ4n) is 5.04. The normalized spacial score (nSPS) is 20.8. The van der Waals surface area contributed by atoms with Gasteiger partial charge in [-0.15, -0.1) is 0 Å². The van der Waals surface area contributed by atoms with E-state index in [9.17, 15) is 5.11 Å². The van der Waals surface area contributed by atoms with E-state index in [1.54, 1.807) is 0 Å². The quantitative estimate of drug-likeness (QED) is 0.554. The lowest BCUT2D eigenvalue weighted by Gasteiger charge is -2.29. The van der Waals surface area contributed by atoms with Crippen LogP contribution in [0.4, 0.5) is 5.69 Å². The van der Waals surface area contributed by atoms with Gasteiger partial charge in [0.1, 0.15) is 11.4 Å². The molecular weight excluding hydrogens is 396 g/mol. The topological polar surface area (TPSA) is 35.7 Å². The number of nitrogens with zero attached hydrogens (tertiary/aromatic N) is 2. The minimum Gasteiger partial charge on any atom is -0.494 e. The zero-order chi connectivity index (χ0) is 22.0. The monoisotopic (exact) mass is 427 g/mol. The minimum absolute atomic E-state index is 0.577. The van der Waals surface area contributed by atoms with Crippen molar-refractivity contribution in [2.45, 2.75) is 38.3 Å². The second-order valence-corrected chi connectivity index (χ2v) is 8.67. The Balaban J connectivity index is 1.58. The van der Waals surface area contributed by atoms with Crippen molar-refractivity contribution in [1.29, 1.82) is 0 Å². The summed E-state index contributed by atoms with van der Waals surface area (Å²) >= 11 is 0. The lowest BCUT2D eigenvalue weighted by molar-refractivity contribution is -0.534. The number of rotatable bonds is 5. The van der Waals surface area contributed by atoms with Gasteiger partial charge in [-0.1, -0.05) is 48.5 Å². The molecule has 1 atom stereocenters. The predicted molar refractivity (Wildman–Crippen MR) is 129 cm³/mol. The Morgan fingerprint density at radius 1 is 0.906 bits per heavy atom. The van der Waals surface area contributed by atoms with E-state index < -0.39 is 5.72 Å². The third-order valence-corrected chi connectivity index (χ3v) is 6.57. The molecule has 32 heavy (non-hydrogen) atoms. The van der Waals surface area contributed by atoms with Crippen molar-refractivity contribution in [2.24, 2.45) is 0 Å². The van der Waals surface area contributed by atoms with Gasteiger partial charge in [-0.3, -0.25) is 4.58 Å². The molecule has 2 heterocycles. The largest absolute Gasteiger partial charge is 0.494 e. The van der Waals surface area contributed by atoms with Crippen LogP contribution in [0.5, 0.6) is 5.75 Å². The molecule has 3 aromatic carbocycles. The van der Waals surface area contributed by atoms with Crippen molar-refractivity contribution in [2.75, 3.05) is 24.6 Å². The highest BCUT2D eigenvalue weighted by Gasteiger charge is 2.54. The number of ether oxygens (including phenoxy) is 1. The SMILES string of the molecule is CCOc1ccc(N2C3=[N+](CCCCC3)CC2(O)c2cccc(-c3ccccc3)c2)cc1. The highest BCUT2D eigenvalue weighted by Crippen LogP contribution is 2.39. The molecule has 1 unspecified atom stereocenters. The fourth-order valence-corrected chi connectivity index (χ4v) is 5.04. The van der Waals surface area contributed by atoms with Gasteiger partial charge >= 0.3 is 0 Å². The van der Waals surface area contributed by atoms with Crippen molar-refractivity contribution in [1.82, 2.24) is 0 Å². The van der Waals surface area contributed by atoms with E-state index >= 15 is 0 Å². The number of hydrogen-bond acceptors (Lipinski definition) is 3. The zero-order valence-corrected chi connectivity index (χ0v) is 18.7. The van der Waals surface area contributed by atoms with Crippen LogP contribution in [-0.4, -0.2) is 35.2 Å².